The number of methoxy groups -OCH3 is 1. The number of ether oxygens (including phenoxy) is 1. The fraction of sp³-hybridized carbons (Fsp3) is 0.296. The maximum atomic E-state index is 11.3. The first kappa shape index (κ1) is 23.6. The number of carbonyl (C=O) groups is 1. The van der Waals surface area contributed by atoms with Crippen LogP contribution in [-0.4, -0.2) is 55.2 Å². The van der Waals surface area contributed by atoms with E-state index in [1.165, 1.54) is 23.7 Å². The van der Waals surface area contributed by atoms with Crippen LogP contribution in [0, 0.1) is 0 Å². The van der Waals surface area contributed by atoms with E-state index < -0.39 is 0 Å². The van der Waals surface area contributed by atoms with Gasteiger partial charge < -0.3 is 30.2 Å². The summed E-state index contributed by atoms with van der Waals surface area (Å²) in [5.41, 5.74) is 5.33. The minimum atomic E-state index is 0.447. The number of anilines is 4. The molecule has 36 heavy (non-hydrogen) atoms. The van der Waals surface area contributed by atoms with E-state index in [1.807, 2.05) is 32.3 Å². The van der Waals surface area contributed by atoms with E-state index in [4.69, 9.17) is 9.72 Å². The third-order valence-electron chi connectivity index (χ3n) is 6.50. The van der Waals surface area contributed by atoms with Crippen LogP contribution in [0.3, 0.4) is 0 Å². The van der Waals surface area contributed by atoms with Gasteiger partial charge in [-0.15, -0.1) is 0 Å². The second kappa shape index (κ2) is 10.2. The molecule has 5 rings (SSSR count). The lowest BCUT2D eigenvalue weighted by Gasteiger charge is -2.24. The van der Waals surface area contributed by atoms with Crippen molar-refractivity contribution in [2.24, 2.45) is 0 Å². The van der Waals surface area contributed by atoms with Crippen LogP contribution in [-0.2, 0) is 4.79 Å². The fourth-order valence-corrected chi connectivity index (χ4v) is 4.48. The molecular weight excluding hydrogens is 454 g/mol. The Kier molecular flexibility index (Phi) is 6.73. The van der Waals surface area contributed by atoms with Crippen molar-refractivity contribution in [1.82, 2.24) is 19.9 Å². The fourth-order valence-electron chi connectivity index (χ4n) is 4.48. The van der Waals surface area contributed by atoms with Gasteiger partial charge in [0, 0.05) is 61.1 Å². The van der Waals surface area contributed by atoms with Crippen molar-refractivity contribution in [2.45, 2.75) is 18.9 Å². The number of fused-ring (bicyclic) bond motifs is 1. The molecule has 0 spiro atoms. The number of likely N-dealkylation sites (N-methyl/N-ethyl adjacent to an activating group) is 2. The average molecular weight is 486 g/mol. The van der Waals surface area contributed by atoms with Crippen LogP contribution in [0.4, 0.5) is 23.0 Å². The van der Waals surface area contributed by atoms with Crippen LogP contribution in [0.25, 0.3) is 22.2 Å². The molecule has 4 aromatic rings. The molecule has 0 bridgehead atoms. The number of carbonyl (C=O) groups excluding carboxylic acids is 1. The van der Waals surface area contributed by atoms with Crippen molar-refractivity contribution in [1.29, 1.82) is 0 Å². The van der Waals surface area contributed by atoms with Crippen LogP contribution in [0.15, 0.2) is 54.9 Å². The van der Waals surface area contributed by atoms with Crippen LogP contribution >= 0.6 is 0 Å². The molecule has 186 valence electrons. The van der Waals surface area contributed by atoms with E-state index in [1.54, 1.807) is 13.3 Å². The Balaban J connectivity index is 1.49. The Morgan fingerprint density at radius 3 is 2.78 bits per heavy atom. The number of hydrogen-bond donors (Lipinski definition) is 3. The molecule has 0 aliphatic heterocycles. The van der Waals surface area contributed by atoms with Gasteiger partial charge in [-0.05, 0) is 38.1 Å². The second-order valence-corrected chi connectivity index (χ2v) is 8.95. The minimum absolute atomic E-state index is 0.447. The lowest BCUT2D eigenvalue weighted by molar-refractivity contribution is -0.105. The molecule has 0 saturated heterocycles. The maximum Gasteiger partial charge on any atom is 0.227 e. The Hall–Kier alpha value is -4.11. The monoisotopic (exact) mass is 485 g/mol. The normalized spacial score (nSPS) is 13.0. The summed E-state index contributed by atoms with van der Waals surface area (Å²) in [5.74, 6) is 1.07. The number of rotatable bonds is 11. The second-order valence-electron chi connectivity index (χ2n) is 8.95. The zero-order chi connectivity index (χ0) is 25.1. The summed E-state index contributed by atoms with van der Waals surface area (Å²) in [6.07, 6.45) is 7.06. The quantitative estimate of drug-likeness (QED) is 0.271. The highest BCUT2D eigenvalue weighted by atomic mass is 16.5. The van der Waals surface area contributed by atoms with Gasteiger partial charge in [0.25, 0.3) is 0 Å². The molecule has 0 atom stereocenters. The van der Waals surface area contributed by atoms with Gasteiger partial charge in [-0.25, -0.2) is 9.97 Å². The molecule has 1 amide bonds. The lowest BCUT2D eigenvalue weighted by atomic mass is 10.1. The average Bonchev–Trinajstić information content (AvgIpc) is 3.67. The van der Waals surface area contributed by atoms with E-state index in [0.29, 0.717) is 35.5 Å². The zero-order valence-electron chi connectivity index (χ0n) is 20.8. The van der Waals surface area contributed by atoms with Gasteiger partial charge in [-0.3, -0.25) is 4.79 Å². The smallest absolute Gasteiger partial charge is 0.227 e. The minimum Gasteiger partial charge on any atom is -0.494 e. The Morgan fingerprint density at radius 2 is 2.03 bits per heavy atom. The van der Waals surface area contributed by atoms with Gasteiger partial charge in [0.1, 0.15) is 5.75 Å². The standard InChI is InChI=1S/C27H31N7O2/c1-28-12-13-33(2)25-15-26(36-3)23(14-22(25)30-17-35)32-27-29-11-10-21(31-27)20-16-34(18-8-9-18)24-7-5-4-6-19(20)24/h4-7,10-11,14-18,28H,8-9,12-13H2,1-3H3,(H,30,35)(H,29,31,32). The van der Waals surface area contributed by atoms with Gasteiger partial charge in [0.15, 0.2) is 0 Å². The number of nitrogens with zero attached hydrogens (tertiary/aromatic N) is 4. The van der Waals surface area contributed by atoms with E-state index in [9.17, 15) is 4.79 Å². The summed E-state index contributed by atoms with van der Waals surface area (Å²) < 4.78 is 8.04. The van der Waals surface area contributed by atoms with E-state index in [0.717, 1.165) is 30.0 Å². The Labute approximate surface area is 210 Å². The topological polar surface area (TPSA) is 96.3 Å². The van der Waals surface area contributed by atoms with E-state index >= 15 is 0 Å². The molecule has 1 saturated carbocycles. The molecule has 1 aliphatic carbocycles. The predicted molar refractivity (Wildman–Crippen MR) is 144 cm³/mol. The van der Waals surface area contributed by atoms with E-state index in [2.05, 4.69) is 60.9 Å². The maximum absolute atomic E-state index is 11.3. The van der Waals surface area contributed by atoms with Crippen LogP contribution in [0.5, 0.6) is 5.75 Å². The molecule has 1 fully saturated rings. The van der Waals surface area contributed by atoms with Gasteiger partial charge in [0.2, 0.25) is 12.4 Å². The largest absolute Gasteiger partial charge is 0.494 e. The first-order valence-electron chi connectivity index (χ1n) is 12.1. The third kappa shape index (κ3) is 4.70. The molecule has 1 aliphatic rings. The number of nitrogens with one attached hydrogen (secondary N) is 3. The number of aromatic nitrogens is 3. The van der Waals surface area contributed by atoms with Crippen molar-refractivity contribution in [2.75, 3.05) is 49.8 Å². The molecule has 2 heterocycles. The van der Waals surface area contributed by atoms with Crippen LogP contribution in [0.2, 0.25) is 0 Å². The predicted octanol–water partition coefficient (Wildman–Crippen LogP) is 4.41. The van der Waals surface area contributed by atoms with Crippen LogP contribution in [0.1, 0.15) is 18.9 Å². The molecule has 0 radical (unpaired) electrons. The first-order chi connectivity index (χ1) is 17.6. The highest BCUT2D eigenvalue weighted by Gasteiger charge is 2.26. The van der Waals surface area contributed by atoms with Gasteiger partial charge >= 0.3 is 0 Å². The highest BCUT2D eigenvalue weighted by Crippen LogP contribution is 2.41. The van der Waals surface area contributed by atoms with Gasteiger partial charge in [-0.2, -0.15) is 0 Å². The number of hydrogen-bond acceptors (Lipinski definition) is 7. The summed E-state index contributed by atoms with van der Waals surface area (Å²) in [6.45, 7) is 1.57. The molecule has 0 unspecified atom stereocenters. The van der Waals surface area contributed by atoms with Crippen LogP contribution < -0.4 is 25.6 Å². The Morgan fingerprint density at radius 1 is 1.19 bits per heavy atom. The summed E-state index contributed by atoms with van der Waals surface area (Å²) in [7, 11) is 5.50. The third-order valence-corrected chi connectivity index (χ3v) is 6.50. The van der Waals surface area contributed by atoms with Crippen molar-refractivity contribution in [3.63, 3.8) is 0 Å². The van der Waals surface area contributed by atoms with Crippen molar-refractivity contribution in [3.05, 3.63) is 54.9 Å². The van der Waals surface area contributed by atoms with E-state index in [-0.39, 0.29) is 0 Å². The van der Waals surface area contributed by atoms with Crippen molar-refractivity contribution >= 4 is 40.3 Å². The summed E-state index contributed by atoms with van der Waals surface area (Å²) in [4.78, 5) is 22.7. The van der Waals surface area contributed by atoms with Gasteiger partial charge in [-0.1, -0.05) is 18.2 Å². The molecule has 3 N–H and O–H groups in total. The molecule has 2 aromatic carbocycles. The Bertz CT molecular complexity index is 1380. The first-order valence-corrected chi connectivity index (χ1v) is 12.1. The lowest BCUT2D eigenvalue weighted by Crippen LogP contribution is -2.27. The number of para-hydroxylation sites is 1. The number of amides is 1. The zero-order valence-corrected chi connectivity index (χ0v) is 20.8. The molecular formula is C27H31N7O2. The molecule has 2 aromatic heterocycles. The summed E-state index contributed by atoms with van der Waals surface area (Å²) in [6, 6.07) is 14.7. The number of benzene rings is 2. The molecule has 9 heteroatoms. The molecule has 9 nitrogen and oxygen atoms in total. The highest BCUT2D eigenvalue weighted by molar-refractivity contribution is 5.95. The summed E-state index contributed by atoms with van der Waals surface area (Å²) in [5, 5.41) is 10.4. The van der Waals surface area contributed by atoms with Crippen molar-refractivity contribution in [3.8, 4) is 17.0 Å². The van der Waals surface area contributed by atoms with Crippen molar-refractivity contribution < 1.29 is 9.53 Å². The summed E-state index contributed by atoms with van der Waals surface area (Å²) >= 11 is 0. The SMILES string of the molecule is CNCCN(C)c1cc(OC)c(Nc2nccc(-c3cn(C4CC4)c4ccccc34)n2)cc1NC=O. The van der Waals surface area contributed by atoms with Gasteiger partial charge in [0.05, 0.1) is 29.9 Å².